The highest BCUT2D eigenvalue weighted by Gasteiger charge is 2.12. The van der Waals surface area contributed by atoms with Crippen molar-refractivity contribution in [2.45, 2.75) is 13.0 Å². The Hall–Kier alpha value is -2.54. The molecule has 1 amide bonds. The van der Waals surface area contributed by atoms with Crippen molar-refractivity contribution >= 4 is 11.7 Å². The summed E-state index contributed by atoms with van der Waals surface area (Å²) in [6, 6.07) is 5.98. The Kier molecular flexibility index (Phi) is 4.78. The Morgan fingerprint density at radius 2 is 2.29 bits per heavy atom. The summed E-state index contributed by atoms with van der Waals surface area (Å²) < 4.78 is 10.6. The topological polar surface area (TPSA) is 96.5 Å². The van der Waals surface area contributed by atoms with Crippen LogP contribution in [0.1, 0.15) is 17.3 Å². The number of nitrogens with one attached hydrogen (secondary N) is 2. The van der Waals surface area contributed by atoms with Crippen LogP contribution >= 0.6 is 0 Å². The molecule has 112 valence electrons. The first-order valence-corrected chi connectivity index (χ1v) is 6.39. The van der Waals surface area contributed by atoms with E-state index in [1.807, 2.05) is 6.92 Å². The molecule has 0 saturated carbocycles. The molecule has 2 rings (SSSR count). The molecule has 0 saturated heterocycles. The van der Waals surface area contributed by atoms with Crippen LogP contribution in [0.4, 0.5) is 5.82 Å². The minimum atomic E-state index is -0.376. The number of benzene rings is 1. The van der Waals surface area contributed by atoms with Gasteiger partial charge in [-0.1, -0.05) is 0 Å². The number of phenols is 1. The summed E-state index contributed by atoms with van der Waals surface area (Å²) in [6.07, 6.45) is 1.33. The van der Waals surface area contributed by atoms with Crippen molar-refractivity contribution in [2.75, 3.05) is 19.0 Å². The number of ether oxygens (including phenoxy) is 2. The third-order valence-electron chi connectivity index (χ3n) is 2.64. The van der Waals surface area contributed by atoms with Crippen LogP contribution in [0.3, 0.4) is 0 Å². The molecule has 0 aliphatic carbocycles. The summed E-state index contributed by atoms with van der Waals surface area (Å²) >= 11 is 0. The minimum Gasteiger partial charge on any atom is -0.508 e. The molecule has 1 aromatic carbocycles. The van der Waals surface area contributed by atoms with Gasteiger partial charge < -0.3 is 19.9 Å². The first kappa shape index (κ1) is 14.9. The molecule has 0 bridgehead atoms. The predicted molar refractivity (Wildman–Crippen MR) is 76.6 cm³/mol. The third kappa shape index (κ3) is 4.22. The number of phenolic OH excluding ortho intramolecular Hbond substituents is 1. The van der Waals surface area contributed by atoms with Crippen molar-refractivity contribution in [2.24, 2.45) is 0 Å². The predicted octanol–water partition coefficient (Wildman–Crippen LogP) is 1.78. The van der Waals surface area contributed by atoms with E-state index in [2.05, 4.69) is 15.5 Å². The second kappa shape index (κ2) is 6.76. The highest BCUT2D eigenvalue weighted by Crippen LogP contribution is 2.23. The molecule has 1 heterocycles. The summed E-state index contributed by atoms with van der Waals surface area (Å²) in [4.78, 5) is 12.1. The van der Waals surface area contributed by atoms with E-state index in [4.69, 9.17) is 9.47 Å². The molecule has 0 aliphatic rings. The van der Waals surface area contributed by atoms with Crippen molar-refractivity contribution in [1.82, 2.24) is 10.2 Å². The summed E-state index contributed by atoms with van der Waals surface area (Å²) in [5.41, 5.74) is 0.282. The molecule has 0 fully saturated rings. The molecule has 0 unspecified atom stereocenters. The van der Waals surface area contributed by atoms with E-state index in [1.54, 1.807) is 19.2 Å². The fraction of sp³-hybridized carbons (Fsp3) is 0.286. The van der Waals surface area contributed by atoms with Gasteiger partial charge in [-0.25, -0.2) is 0 Å². The van der Waals surface area contributed by atoms with E-state index in [0.717, 1.165) is 0 Å². The monoisotopic (exact) mass is 291 g/mol. The Labute approximate surface area is 121 Å². The first-order chi connectivity index (χ1) is 10.1. The zero-order chi connectivity index (χ0) is 15.2. The number of carbonyl (C=O) groups excluding carboxylic acids is 1. The van der Waals surface area contributed by atoms with Gasteiger partial charge in [-0.2, -0.15) is 5.10 Å². The van der Waals surface area contributed by atoms with Crippen LogP contribution in [-0.4, -0.2) is 41.0 Å². The van der Waals surface area contributed by atoms with Crippen LogP contribution in [0.15, 0.2) is 30.5 Å². The van der Waals surface area contributed by atoms with Gasteiger partial charge in [0.1, 0.15) is 23.4 Å². The lowest BCUT2D eigenvalue weighted by Crippen LogP contribution is -2.18. The summed E-state index contributed by atoms with van der Waals surface area (Å²) in [7, 11) is 1.57. The van der Waals surface area contributed by atoms with Gasteiger partial charge in [0.2, 0.25) is 0 Å². The highest BCUT2D eigenvalue weighted by molar-refractivity contribution is 6.04. The zero-order valence-electron chi connectivity index (χ0n) is 11.8. The standard InChI is InChI=1S/C14H17N3O4/c1-9(8-20-2)21-12-6-10(5-11(18)7-12)14(19)16-13-3-4-15-17-13/h3-7,9,18H,8H2,1-2H3,(H2,15,16,17,19)/t9-/m0/s1. The second-order valence-electron chi connectivity index (χ2n) is 4.52. The van der Waals surface area contributed by atoms with Gasteiger partial charge in [-0.05, 0) is 19.1 Å². The third-order valence-corrected chi connectivity index (χ3v) is 2.64. The van der Waals surface area contributed by atoms with E-state index in [0.29, 0.717) is 18.2 Å². The smallest absolute Gasteiger partial charge is 0.257 e. The van der Waals surface area contributed by atoms with Crippen LogP contribution in [0.5, 0.6) is 11.5 Å². The number of H-pyrrole nitrogens is 1. The van der Waals surface area contributed by atoms with Crippen molar-refractivity contribution in [1.29, 1.82) is 0 Å². The van der Waals surface area contributed by atoms with Crippen LogP contribution in [0.25, 0.3) is 0 Å². The van der Waals surface area contributed by atoms with Crippen molar-refractivity contribution in [3.05, 3.63) is 36.0 Å². The van der Waals surface area contributed by atoms with Gasteiger partial charge in [0, 0.05) is 24.8 Å². The number of anilines is 1. The lowest BCUT2D eigenvalue weighted by molar-refractivity contribution is 0.0915. The van der Waals surface area contributed by atoms with E-state index < -0.39 is 0 Å². The van der Waals surface area contributed by atoms with Crippen molar-refractivity contribution in [3.8, 4) is 11.5 Å². The zero-order valence-corrected chi connectivity index (χ0v) is 11.8. The number of carbonyl (C=O) groups is 1. The van der Waals surface area contributed by atoms with E-state index in [1.165, 1.54) is 18.3 Å². The normalized spacial score (nSPS) is 11.9. The Morgan fingerprint density at radius 1 is 1.48 bits per heavy atom. The lowest BCUT2D eigenvalue weighted by atomic mass is 10.2. The molecule has 0 spiro atoms. The number of nitrogens with zero attached hydrogens (tertiary/aromatic N) is 1. The number of aromatic nitrogens is 2. The molecule has 0 radical (unpaired) electrons. The minimum absolute atomic E-state index is 0.0492. The number of aromatic hydroxyl groups is 1. The van der Waals surface area contributed by atoms with Crippen LogP contribution in [0, 0.1) is 0 Å². The summed E-state index contributed by atoms with van der Waals surface area (Å²) in [5.74, 6) is 0.444. The van der Waals surface area contributed by atoms with Gasteiger partial charge in [0.25, 0.3) is 5.91 Å². The Morgan fingerprint density at radius 3 is 2.95 bits per heavy atom. The maximum Gasteiger partial charge on any atom is 0.257 e. The van der Waals surface area contributed by atoms with E-state index >= 15 is 0 Å². The van der Waals surface area contributed by atoms with Crippen molar-refractivity contribution < 1.29 is 19.4 Å². The fourth-order valence-corrected chi connectivity index (χ4v) is 1.80. The number of amides is 1. The Balaban J connectivity index is 2.12. The molecule has 7 heteroatoms. The van der Waals surface area contributed by atoms with Gasteiger partial charge >= 0.3 is 0 Å². The fourth-order valence-electron chi connectivity index (χ4n) is 1.80. The van der Waals surface area contributed by atoms with Gasteiger partial charge in [-0.3, -0.25) is 9.89 Å². The average molecular weight is 291 g/mol. The summed E-state index contributed by atoms with van der Waals surface area (Å²) in [6.45, 7) is 2.24. The Bertz CT molecular complexity index is 598. The average Bonchev–Trinajstić information content (AvgIpc) is 2.91. The molecule has 7 nitrogen and oxygen atoms in total. The number of hydrogen-bond acceptors (Lipinski definition) is 5. The SMILES string of the molecule is COC[C@H](C)Oc1cc(O)cc(C(=O)Nc2ccn[nH]2)c1. The highest BCUT2D eigenvalue weighted by atomic mass is 16.5. The van der Waals surface area contributed by atoms with E-state index in [-0.39, 0.29) is 23.3 Å². The molecule has 1 atom stereocenters. The molecular weight excluding hydrogens is 274 g/mol. The van der Waals surface area contributed by atoms with E-state index in [9.17, 15) is 9.90 Å². The second-order valence-corrected chi connectivity index (χ2v) is 4.52. The largest absolute Gasteiger partial charge is 0.508 e. The molecule has 2 aromatic rings. The maximum absolute atomic E-state index is 12.1. The first-order valence-electron chi connectivity index (χ1n) is 6.39. The van der Waals surface area contributed by atoms with Gasteiger partial charge in [0.05, 0.1) is 12.8 Å². The van der Waals surface area contributed by atoms with Crippen molar-refractivity contribution in [3.63, 3.8) is 0 Å². The number of rotatable bonds is 6. The van der Waals surface area contributed by atoms with Crippen LogP contribution < -0.4 is 10.1 Å². The van der Waals surface area contributed by atoms with Gasteiger partial charge in [-0.15, -0.1) is 0 Å². The number of methoxy groups -OCH3 is 1. The van der Waals surface area contributed by atoms with Crippen LogP contribution in [0.2, 0.25) is 0 Å². The van der Waals surface area contributed by atoms with Crippen LogP contribution in [-0.2, 0) is 4.74 Å². The molecule has 3 N–H and O–H groups in total. The molecule has 0 aliphatic heterocycles. The molecule has 1 aromatic heterocycles. The summed E-state index contributed by atoms with van der Waals surface area (Å²) in [5, 5.41) is 18.7. The molecule has 21 heavy (non-hydrogen) atoms. The van der Waals surface area contributed by atoms with Gasteiger partial charge in [0.15, 0.2) is 0 Å². The quantitative estimate of drug-likeness (QED) is 0.754. The number of aromatic amines is 1. The molecular formula is C14H17N3O4. The number of hydrogen-bond donors (Lipinski definition) is 3. The lowest BCUT2D eigenvalue weighted by Gasteiger charge is -2.14. The maximum atomic E-state index is 12.1.